The van der Waals surface area contributed by atoms with Gasteiger partial charge in [0.15, 0.2) is 18.1 Å². The van der Waals surface area contributed by atoms with Crippen LogP contribution in [0, 0.1) is 0 Å². The lowest BCUT2D eigenvalue weighted by Crippen LogP contribution is -2.21. The van der Waals surface area contributed by atoms with E-state index in [9.17, 15) is 14.7 Å². The molecule has 1 amide bonds. The number of rotatable bonds is 5. The standard InChI is InChI=1S/C16H14BrNO5/c1-22-13-7-3-6-12(15(13)20)16(21)23-9-14(19)18-11-5-2-4-10(17)8-11/h2-8,20H,9H2,1H3,(H,18,19). The summed E-state index contributed by atoms with van der Waals surface area (Å²) in [7, 11) is 1.37. The molecule has 0 bridgehead atoms. The van der Waals surface area contributed by atoms with Gasteiger partial charge in [-0.2, -0.15) is 0 Å². The SMILES string of the molecule is COc1cccc(C(=O)OCC(=O)Nc2cccc(Br)c2)c1O. The largest absolute Gasteiger partial charge is 0.504 e. The van der Waals surface area contributed by atoms with Crippen molar-refractivity contribution >= 4 is 33.5 Å². The molecule has 2 aromatic rings. The molecule has 0 radical (unpaired) electrons. The number of amides is 1. The smallest absolute Gasteiger partial charge is 0.342 e. The number of benzene rings is 2. The van der Waals surface area contributed by atoms with Gasteiger partial charge >= 0.3 is 5.97 Å². The van der Waals surface area contributed by atoms with Gasteiger partial charge in [0, 0.05) is 10.2 Å². The quantitative estimate of drug-likeness (QED) is 0.780. The Morgan fingerprint density at radius 2 is 1.96 bits per heavy atom. The first-order valence-corrected chi connectivity index (χ1v) is 7.39. The molecule has 0 saturated carbocycles. The van der Waals surface area contributed by atoms with E-state index >= 15 is 0 Å². The number of carbonyl (C=O) groups excluding carboxylic acids is 2. The zero-order valence-corrected chi connectivity index (χ0v) is 13.8. The summed E-state index contributed by atoms with van der Waals surface area (Å²) in [5.41, 5.74) is 0.504. The van der Waals surface area contributed by atoms with Crippen molar-refractivity contribution in [2.24, 2.45) is 0 Å². The Bertz CT molecular complexity index is 732. The second-order valence-corrected chi connectivity index (χ2v) is 5.41. The van der Waals surface area contributed by atoms with E-state index in [4.69, 9.17) is 9.47 Å². The summed E-state index contributed by atoms with van der Waals surface area (Å²) in [5.74, 6) is -1.48. The number of halogens is 1. The van der Waals surface area contributed by atoms with E-state index in [2.05, 4.69) is 21.2 Å². The Kier molecular flexibility index (Phi) is 5.59. The molecule has 0 aliphatic heterocycles. The number of ether oxygens (including phenoxy) is 2. The van der Waals surface area contributed by atoms with Crippen LogP contribution in [0.1, 0.15) is 10.4 Å². The van der Waals surface area contributed by atoms with Crippen LogP contribution in [0.3, 0.4) is 0 Å². The summed E-state index contributed by atoms with van der Waals surface area (Å²) >= 11 is 3.29. The fraction of sp³-hybridized carbons (Fsp3) is 0.125. The number of nitrogens with one attached hydrogen (secondary N) is 1. The van der Waals surface area contributed by atoms with Gasteiger partial charge in [-0.25, -0.2) is 4.79 Å². The highest BCUT2D eigenvalue weighted by atomic mass is 79.9. The van der Waals surface area contributed by atoms with Crippen molar-refractivity contribution in [3.8, 4) is 11.5 Å². The van der Waals surface area contributed by atoms with Crippen LogP contribution in [0.5, 0.6) is 11.5 Å². The molecule has 0 aromatic heterocycles. The molecule has 0 atom stereocenters. The van der Waals surface area contributed by atoms with Gasteiger partial charge in [-0.3, -0.25) is 4.79 Å². The Morgan fingerprint density at radius 3 is 2.65 bits per heavy atom. The fourth-order valence-corrected chi connectivity index (χ4v) is 2.22. The number of esters is 1. The minimum Gasteiger partial charge on any atom is -0.504 e. The van der Waals surface area contributed by atoms with Crippen LogP contribution >= 0.6 is 15.9 Å². The van der Waals surface area contributed by atoms with Gasteiger partial charge in [0.05, 0.1) is 7.11 Å². The molecule has 2 aromatic carbocycles. The molecule has 0 unspecified atom stereocenters. The van der Waals surface area contributed by atoms with E-state index in [1.807, 2.05) is 6.07 Å². The fourth-order valence-electron chi connectivity index (χ4n) is 1.82. The molecule has 120 valence electrons. The molecular weight excluding hydrogens is 366 g/mol. The van der Waals surface area contributed by atoms with Crippen LogP contribution in [-0.2, 0) is 9.53 Å². The zero-order chi connectivity index (χ0) is 16.8. The third-order valence-electron chi connectivity index (χ3n) is 2.88. The van der Waals surface area contributed by atoms with Gasteiger partial charge in [0.2, 0.25) is 0 Å². The molecule has 0 aliphatic carbocycles. The van der Waals surface area contributed by atoms with Crippen LogP contribution in [0.15, 0.2) is 46.9 Å². The minimum absolute atomic E-state index is 0.0698. The molecule has 0 aliphatic rings. The summed E-state index contributed by atoms with van der Waals surface area (Å²) in [6, 6.07) is 11.4. The van der Waals surface area contributed by atoms with Crippen LogP contribution in [0.4, 0.5) is 5.69 Å². The van der Waals surface area contributed by atoms with Crippen LogP contribution in [0.2, 0.25) is 0 Å². The van der Waals surface area contributed by atoms with Gasteiger partial charge in [0.1, 0.15) is 5.56 Å². The second kappa shape index (κ2) is 7.64. The number of hydrogen-bond acceptors (Lipinski definition) is 5. The van der Waals surface area contributed by atoms with Crippen molar-refractivity contribution in [2.45, 2.75) is 0 Å². The molecule has 7 heteroatoms. The first-order valence-electron chi connectivity index (χ1n) is 6.59. The number of para-hydroxylation sites is 1. The highest BCUT2D eigenvalue weighted by Crippen LogP contribution is 2.29. The van der Waals surface area contributed by atoms with E-state index in [1.165, 1.54) is 25.3 Å². The van der Waals surface area contributed by atoms with Crippen molar-refractivity contribution in [3.63, 3.8) is 0 Å². The maximum atomic E-state index is 11.9. The van der Waals surface area contributed by atoms with Crippen molar-refractivity contribution in [2.75, 3.05) is 19.0 Å². The van der Waals surface area contributed by atoms with Gasteiger partial charge in [-0.1, -0.05) is 28.1 Å². The molecule has 2 N–H and O–H groups in total. The van der Waals surface area contributed by atoms with Crippen LogP contribution in [0.25, 0.3) is 0 Å². The predicted molar refractivity (Wildman–Crippen MR) is 87.7 cm³/mol. The average molecular weight is 380 g/mol. The summed E-state index contributed by atoms with van der Waals surface area (Å²) in [6.45, 7) is -0.470. The molecule has 23 heavy (non-hydrogen) atoms. The molecule has 2 rings (SSSR count). The van der Waals surface area contributed by atoms with E-state index in [0.29, 0.717) is 5.69 Å². The highest BCUT2D eigenvalue weighted by molar-refractivity contribution is 9.10. The number of phenolic OH excluding ortho intramolecular Hbond substituents is 1. The van der Waals surface area contributed by atoms with E-state index in [-0.39, 0.29) is 17.1 Å². The first kappa shape index (κ1) is 16.8. The van der Waals surface area contributed by atoms with E-state index in [1.54, 1.807) is 18.2 Å². The summed E-state index contributed by atoms with van der Waals surface area (Å²) in [6.07, 6.45) is 0. The lowest BCUT2D eigenvalue weighted by molar-refractivity contribution is -0.119. The van der Waals surface area contributed by atoms with Gasteiger partial charge < -0.3 is 19.9 Å². The zero-order valence-electron chi connectivity index (χ0n) is 12.2. The third kappa shape index (κ3) is 4.46. The Morgan fingerprint density at radius 1 is 1.22 bits per heavy atom. The van der Waals surface area contributed by atoms with Gasteiger partial charge in [0.25, 0.3) is 5.91 Å². The first-order chi connectivity index (χ1) is 11.0. The van der Waals surface area contributed by atoms with Crippen LogP contribution < -0.4 is 10.1 Å². The monoisotopic (exact) mass is 379 g/mol. The Hall–Kier alpha value is -2.54. The van der Waals surface area contributed by atoms with Crippen LogP contribution in [-0.4, -0.2) is 30.7 Å². The highest BCUT2D eigenvalue weighted by Gasteiger charge is 2.17. The van der Waals surface area contributed by atoms with Crippen molar-refractivity contribution < 1.29 is 24.2 Å². The normalized spacial score (nSPS) is 10.0. The molecule has 0 spiro atoms. The van der Waals surface area contributed by atoms with Gasteiger partial charge in [-0.15, -0.1) is 0 Å². The number of phenols is 1. The number of carbonyl (C=O) groups is 2. The molecule has 0 saturated heterocycles. The van der Waals surface area contributed by atoms with E-state index < -0.39 is 18.5 Å². The summed E-state index contributed by atoms with van der Waals surface area (Å²) < 4.78 is 10.6. The maximum absolute atomic E-state index is 11.9. The van der Waals surface area contributed by atoms with Gasteiger partial charge in [-0.05, 0) is 30.3 Å². The molecule has 0 heterocycles. The Balaban J connectivity index is 1.95. The maximum Gasteiger partial charge on any atom is 0.342 e. The lowest BCUT2D eigenvalue weighted by atomic mass is 10.2. The van der Waals surface area contributed by atoms with Crippen molar-refractivity contribution in [3.05, 3.63) is 52.5 Å². The summed E-state index contributed by atoms with van der Waals surface area (Å²) in [5, 5.41) is 12.5. The Labute approximate surface area is 141 Å². The minimum atomic E-state index is -0.814. The molecular formula is C16H14BrNO5. The number of hydrogen-bond donors (Lipinski definition) is 2. The third-order valence-corrected chi connectivity index (χ3v) is 3.37. The number of methoxy groups -OCH3 is 1. The molecule has 6 nitrogen and oxygen atoms in total. The second-order valence-electron chi connectivity index (χ2n) is 4.49. The van der Waals surface area contributed by atoms with Crippen molar-refractivity contribution in [1.29, 1.82) is 0 Å². The lowest BCUT2D eigenvalue weighted by Gasteiger charge is -2.09. The van der Waals surface area contributed by atoms with Crippen molar-refractivity contribution in [1.82, 2.24) is 0 Å². The molecule has 0 fully saturated rings. The average Bonchev–Trinajstić information content (AvgIpc) is 2.53. The topological polar surface area (TPSA) is 84.9 Å². The predicted octanol–water partition coefficient (Wildman–Crippen LogP) is 2.96. The number of anilines is 1. The summed E-state index contributed by atoms with van der Waals surface area (Å²) in [4.78, 5) is 23.7. The van der Waals surface area contributed by atoms with E-state index in [0.717, 1.165) is 4.47 Å². The number of aromatic hydroxyl groups is 1.